The number of Topliss-reactive ketones (excluding diaryl/α,β-unsaturated/α-hetero) is 1. The molecule has 2 heteroatoms. The van der Waals surface area contributed by atoms with Gasteiger partial charge in [0.05, 0.1) is 7.11 Å². The van der Waals surface area contributed by atoms with E-state index in [0.717, 1.165) is 0 Å². The van der Waals surface area contributed by atoms with Crippen LogP contribution in [0.3, 0.4) is 0 Å². The molecule has 0 N–H and O–H groups in total. The summed E-state index contributed by atoms with van der Waals surface area (Å²) in [5.74, 6) is 0.589. The summed E-state index contributed by atoms with van der Waals surface area (Å²) in [5.41, 5.74) is 0.636. The molecule has 0 fully saturated rings. The third kappa shape index (κ3) is 4.31. The van der Waals surface area contributed by atoms with Crippen molar-refractivity contribution in [2.45, 2.75) is 20.3 Å². The molecule has 0 atom stereocenters. The number of methoxy groups -OCH3 is 1. The average Bonchev–Trinajstić information content (AvgIpc) is 2.15. The highest BCUT2D eigenvalue weighted by Crippen LogP contribution is 2.06. The Hall–Kier alpha value is -1.31. The number of ether oxygens (including phenoxy) is 1. The Bertz CT molecular complexity index is 247. The smallest absolute Gasteiger partial charge is 0.162 e. The van der Waals surface area contributed by atoms with Crippen LogP contribution in [0.2, 0.25) is 0 Å². The highest BCUT2D eigenvalue weighted by atomic mass is 16.5. The number of rotatable bonds is 5. The topological polar surface area (TPSA) is 26.3 Å². The maximum absolute atomic E-state index is 11.3. The summed E-state index contributed by atoms with van der Waals surface area (Å²) >= 11 is 0. The molecular formula is C11H16O2. The fraction of sp³-hybridized carbons (Fsp3) is 0.364. The molecule has 0 bridgehead atoms. The van der Waals surface area contributed by atoms with Gasteiger partial charge in [-0.25, -0.2) is 0 Å². The first kappa shape index (κ1) is 11.7. The zero-order chi connectivity index (χ0) is 10.3. The number of hydrogen-bond acceptors (Lipinski definition) is 2. The standard InChI is InChI=1S/C11H16O2/c1-5-7-10(11(12)6-2)8-9(3)13-4/h5,7-8H,3,6H2,1-2,4H3/b7-5-,10-8+. The van der Waals surface area contributed by atoms with E-state index in [1.807, 2.05) is 19.9 Å². The maximum atomic E-state index is 11.3. The van der Waals surface area contributed by atoms with Crippen molar-refractivity contribution in [3.63, 3.8) is 0 Å². The fourth-order valence-corrected chi connectivity index (χ4v) is 0.838. The third-order valence-electron chi connectivity index (χ3n) is 1.57. The normalized spacial score (nSPS) is 11.8. The maximum Gasteiger partial charge on any atom is 0.162 e. The van der Waals surface area contributed by atoms with Crippen LogP contribution in [0.25, 0.3) is 0 Å². The van der Waals surface area contributed by atoms with E-state index in [4.69, 9.17) is 4.74 Å². The predicted octanol–water partition coefficient (Wildman–Crippen LogP) is 2.63. The lowest BCUT2D eigenvalue weighted by molar-refractivity contribution is -0.115. The lowest BCUT2D eigenvalue weighted by atomic mass is 10.1. The second-order valence-corrected chi connectivity index (χ2v) is 2.55. The summed E-state index contributed by atoms with van der Waals surface area (Å²) in [7, 11) is 1.53. The van der Waals surface area contributed by atoms with Crippen molar-refractivity contribution in [2.24, 2.45) is 0 Å². The lowest BCUT2D eigenvalue weighted by Crippen LogP contribution is -1.98. The molecule has 0 saturated carbocycles. The van der Waals surface area contributed by atoms with E-state index in [2.05, 4.69) is 6.58 Å². The van der Waals surface area contributed by atoms with Crippen LogP contribution in [0, 0.1) is 0 Å². The molecule has 0 aromatic heterocycles. The van der Waals surface area contributed by atoms with E-state index >= 15 is 0 Å². The quantitative estimate of drug-likeness (QED) is 0.369. The van der Waals surface area contributed by atoms with E-state index < -0.39 is 0 Å². The van der Waals surface area contributed by atoms with Crippen molar-refractivity contribution in [3.8, 4) is 0 Å². The zero-order valence-electron chi connectivity index (χ0n) is 8.46. The average molecular weight is 180 g/mol. The molecule has 0 amide bonds. The Morgan fingerprint density at radius 2 is 2.15 bits per heavy atom. The molecule has 0 saturated heterocycles. The van der Waals surface area contributed by atoms with Crippen LogP contribution in [-0.4, -0.2) is 12.9 Å². The van der Waals surface area contributed by atoms with Gasteiger partial charge in [0, 0.05) is 12.0 Å². The zero-order valence-corrected chi connectivity index (χ0v) is 8.46. The molecular weight excluding hydrogens is 164 g/mol. The van der Waals surface area contributed by atoms with Crippen LogP contribution in [0.1, 0.15) is 20.3 Å². The number of hydrogen-bond donors (Lipinski definition) is 0. The summed E-state index contributed by atoms with van der Waals surface area (Å²) in [6.45, 7) is 7.32. The first-order valence-electron chi connectivity index (χ1n) is 4.26. The molecule has 0 aromatic rings. The van der Waals surface area contributed by atoms with Gasteiger partial charge in [-0.3, -0.25) is 4.79 Å². The Kier molecular flexibility index (Phi) is 5.60. The molecule has 0 unspecified atom stereocenters. The summed E-state index contributed by atoms with van der Waals surface area (Å²) in [5, 5.41) is 0. The van der Waals surface area contributed by atoms with Crippen molar-refractivity contribution in [3.05, 3.63) is 36.1 Å². The van der Waals surface area contributed by atoms with Crippen LogP contribution in [0.5, 0.6) is 0 Å². The predicted molar refractivity (Wildman–Crippen MR) is 54.3 cm³/mol. The van der Waals surface area contributed by atoms with Crippen LogP contribution < -0.4 is 0 Å². The monoisotopic (exact) mass is 180 g/mol. The van der Waals surface area contributed by atoms with Gasteiger partial charge in [-0.05, 0) is 13.0 Å². The Labute approximate surface area is 79.6 Å². The molecule has 72 valence electrons. The minimum atomic E-state index is 0.0938. The van der Waals surface area contributed by atoms with Gasteiger partial charge in [-0.2, -0.15) is 0 Å². The second kappa shape index (κ2) is 6.23. The van der Waals surface area contributed by atoms with Crippen molar-refractivity contribution in [1.29, 1.82) is 0 Å². The molecule has 0 rings (SSSR count). The molecule has 0 radical (unpaired) electrons. The van der Waals surface area contributed by atoms with Gasteiger partial charge in [-0.1, -0.05) is 25.7 Å². The van der Waals surface area contributed by atoms with Crippen molar-refractivity contribution in [2.75, 3.05) is 7.11 Å². The number of allylic oxidation sites excluding steroid dienone is 4. The lowest BCUT2D eigenvalue weighted by Gasteiger charge is -2.00. The van der Waals surface area contributed by atoms with Crippen molar-refractivity contribution < 1.29 is 9.53 Å². The molecule has 0 spiro atoms. The second-order valence-electron chi connectivity index (χ2n) is 2.55. The minimum absolute atomic E-state index is 0.0938. The summed E-state index contributed by atoms with van der Waals surface area (Å²) < 4.78 is 4.86. The van der Waals surface area contributed by atoms with Crippen LogP contribution in [0.15, 0.2) is 36.1 Å². The van der Waals surface area contributed by atoms with E-state index in [1.165, 1.54) is 7.11 Å². The number of ketones is 1. The SMILES string of the molecule is C=C(/C=C(\C=C/C)C(=O)CC)OC. The molecule has 0 aliphatic carbocycles. The Morgan fingerprint density at radius 3 is 2.54 bits per heavy atom. The van der Waals surface area contributed by atoms with Gasteiger partial charge in [0.25, 0.3) is 0 Å². The Balaban J connectivity index is 4.69. The van der Waals surface area contributed by atoms with Crippen LogP contribution in [-0.2, 0) is 9.53 Å². The summed E-state index contributed by atoms with van der Waals surface area (Å²) in [6.07, 6.45) is 5.72. The highest BCUT2D eigenvalue weighted by Gasteiger charge is 2.03. The fourth-order valence-electron chi connectivity index (χ4n) is 0.838. The first-order valence-corrected chi connectivity index (χ1v) is 4.26. The van der Waals surface area contributed by atoms with E-state index in [-0.39, 0.29) is 5.78 Å². The van der Waals surface area contributed by atoms with Crippen LogP contribution in [0.4, 0.5) is 0 Å². The largest absolute Gasteiger partial charge is 0.497 e. The van der Waals surface area contributed by atoms with Crippen molar-refractivity contribution >= 4 is 5.78 Å². The number of carbonyl (C=O) groups excluding carboxylic acids is 1. The Morgan fingerprint density at radius 1 is 1.54 bits per heavy atom. The molecule has 0 heterocycles. The highest BCUT2D eigenvalue weighted by molar-refractivity contribution is 5.98. The third-order valence-corrected chi connectivity index (χ3v) is 1.57. The van der Waals surface area contributed by atoms with E-state index in [1.54, 1.807) is 12.2 Å². The molecule has 13 heavy (non-hydrogen) atoms. The van der Waals surface area contributed by atoms with E-state index in [0.29, 0.717) is 17.8 Å². The number of carbonyl (C=O) groups is 1. The van der Waals surface area contributed by atoms with Gasteiger partial charge in [0.15, 0.2) is 5.78 Å². The summed E-state index contributed by atoms with van der Waals surface area (Å²) in [6, 6.07) is 0. The van der Waals surface area contributed by atoms with E-state index in [9.17, 15) is 4.79 Å². The van der Waals surface area contributed by atoms with Crippen molar-refractivity contribution in [1.82, 2.24) is 0 Å². The van der Waals surface area contributed by atoms with Gasteiger partial charge in [0.2, 0.25) is 0 Å². The minimum Gasteiger partial charge on any atom is -0.497 e. The van der Waals surface area contributed by atoms with Gasteiger partial charge in [0.1, 0.15) is 5.76 Å². The molecule has 0 aliphatic rings. The first-order chi connectivity index (χ1) is 6.15. The van der Waals surface area contributed by atoms with Gasteiger partial charge < -0.3 is 4.74 Å². The molecule has 0 aromatic carbocycles. The van der Waals surface area contributed by atoms with Crippen LogP contribution >= 0.6 is 0 Å². The van der Waals surface area contributed by atoms with Gasteiger partial charge in [-0.15, -0.1) is 0 Å². The molecule has 0 aliphatic heterocycles. The van der Waals surface area contributed by atoms with Gasteiger partial charge >= 0.3 is 0 Å². The summed E-state index contributed by atoms with van der Waals surface area (Å²) in [4.78, 5) is 11.3. The molecule has 2 nitrogen and oxygen atoms in total.